The summed E-state index contributed by atoms with van der Waals surface area (Å²) in [5, 5.41) is 2.86. The van der Waals surface area contributed by atoms with Crippen molar-refractivity contribution in [2.75, 3.05) is 7.05 Å². The minimum atomic E-state index is 0.834. The van der Waals surface area contributed by atoms with Crippen molar-refractivity contribution < 1.29 is 0 Å². The smallest absolute Gasteiger partial charge is 0.0288 e. The zero-order valence-electron chi connectivity index (χ0n) is 6.17. The molecule has 0 aliphatic rings. The van der Waals surface area contributed by atoms with E-state index in [4.69, 9.17) is 0 Å². The average Bonchev–Trinajstić information content (AvgIpc) is 1.98. The number of aliphatic imine (C=N–C) groups is 1. The van der Waals surface area contributed by atoms with E-state index in [1.54, 1.807) is 24.6 Å². The van der Waals surface area contributed by atoms with Crippen molar-refractivity contribution in [3.05, 3.63) is 37.2 Å². The summed E-state index contributed by atoms with van der Waals surface area (Å²) < 4.78 is 0. The first-order valence-electron chi connectivity index (χ1n) is 2.98. The zero-order chi connectivity index (χ0) is 7.82. The van der Waals surface area contributed by atoms with E-state index in [0.717, 1.165) is 5.70 Å². The summed E-state index contributed by atoms with van der Waals surface area (Å²) in [7, 11) is 1.81. The lowest BCUT2D eigenvalue weighted by Gasteiger charge is -1.92. The molecule has 0 saturated heterocycles. The Kier molecular flexibility index (Phi) is 5.06. The Balaban J connectivity index is 3.65. The van der Waals surface area contributed by atoms with Crippen LogP contribution in [0, 0.1) is 0 Å². The Bertz CT molecular complexity index is 166. The molecular weight excluding hydrogens is 124 g/mol. The SMILES string of the molecule is C=CC=N/C=C\C(=C)NC. The van der Waals surface area contributed by atoms with Gasteiger partial charge in [0.15, 0.2) is 0 Å². The molecule has 0 bridgehead atoms. The Morgan fingerprint density at radius 2 is 2.30 bits per heavy atom. The van der Waals surface area contributed by atoms with Gasteiger partial charge in [-0.2, -0.15) is 0 Å². The first-order valence-corrected chi connectivity index (χ1v) is 2.98. The normalized spacial score (nSPS) is 10.5. The summed E-state index contributed by atoms with van der Waals surface area (Å²) in [5.74, 6) is 0. The van der Waals surface area contributed by atoms with Crippen molar-refractivity contribution in [2.45, 2.75) is 0 Å². The minimum absolute atomic E-state index is 0.834. The van der Waals surface area contributed by atoms with Crippen molar-refractivity contribution in [1.82, 2.24) is 5.32 Å². The molecule has 0 radical (unpaired) electrons. The quantitative estimate of drug-likeness (QED) is 0.459. The van der Waals surface area contributed by atoms with Crippen LogP contribution in [0.4, 0.5) is 0 Å². The lowest BCUT2D eigenvalue weighted by molar-refractivity contribution is 1.04. The molecule has 2 nitrogen and oxygen atoms in total. The topological polar surface area (TPSA) is 24.4 Å². The van der Waals surface area contributed by atoms with Gasteiger partial charge in [-0.1, -0.05) is 19.2 Å². The first kappa shape index (κ1) is 8.69. The third-order valence-electron chi connectivity index (χ3n) is 0.874. The molecule has 0 aromatic heterocycles. The molecule has 0 rings (SSSR count). The Labute approximate surface area is 61.7 Å². The summed E-state index contributed by atoms with van der Waals surface area (Å²) >= 11 is 0. The van der Waals surface area contributed by atoms with Gasteiger partial charge >= 0.3 is 0 Å². The molecule has 54 valence electrons. The highest BCUT2D eigenvalue weighted by molar-refractivity contribution is 5.70. The van der Waals surface area contributed by atoms with Crippen molar-refractivity contribution >= 4 is 6.21 Å². The van der Waals surface area contributed by atoms with Gasteiger partial charge in [-0.05, 0) is 6.08 Å². The maximum Gasteiger partial charge on any atom is 0.0288 e. The van der Waals surface area contributed by atoms with E-state index in [9.17, 15) is 0 Å². The van der Waals surface area contributed by atoms with Gasteiger partial charge in [0.05, 0.1) is 0 Å². The van der Waals surface area contributed by atoms with Crippen LogP contribution in [0.15, 0.2) is 42.2 Å². The fourth-order valence-electron chi connectivity index (χ4n) is 0.327. The van der Waals surface area contributed by atoms with Crippen LogP contribution in [0.5, 0.6) is 0 Å². The van der Waals surface area contributed by atoms with Crippen LogP contribution in [0.25, 0.3) is 0 Å². The second kappa shape index (κ2) is 5.82. The highest BCUT2D eigenvalue weighted by Gasteiger charge is 1.74. The van der Waals surface area contributed by atoms with Gasteiger partial charge < -0.3 is 5.32 Å². The second-order valence-electron chi connectivity index (χ2n) is 1.62. The molecule has 10 heavy (non-hydrogen) atoms. The van der Waals surface area contributed by atoms with Gasteiger partial charge in [0.1, 0.15) is 0 Å². The third kappa shape index (κ3) is 4.84. The number of rotatable bonds is 4. The molecule has 0 saturated carbocycles. The molecule has 0 aromatic rings. The van der Waals surface area contributed by atoms with Crippen LogP contribution < -0.4 is 5.32 Å². The average molecular weight is 136 g/mol. The molecule has 0 heterocycles. The molecular formula is C8H12N2. The van der Waals surface area contributed by atoms with E-state index < -0.39 is 0 Å². The van der Waals surface area contributed by atoms with Crippen LogP contribution in [0.1, 0.15) is 0 Å². The predicted molar refractivity (Wildman–Crippen MR) is 46.0 cm³/mol. The largest absolute Gasteiger partial charge is 0.389 e. The molecule has 0 spiro atoms. The Hall–Kier alpha value is -1.31. The molecule has 0 aliphatic heterocycles. The number of likely N-dealkylation sites (N-methyl/N-ethyl adjacent to an activating group) is 1. The number of hydrogen-bond acceptors (Lipinski definition) is 2. The third-order valence-corrected chi connectivity index (χ3v) is 0.874. The van der Waals surface area contributed by atoms with Crippen LogP contribution >= 0.6 is 0 Å². The van der Waals surface area contributed by atoms with Gasteiger partial charge in [0.2, 0.25) is 0 Å². The lowest BCUT2D eigenvalue weighted by Crippen LogP contribution is -1.99. The molecule has 0 amide bonds. The molecule has 2 heteroatoms. The van der Waals surface area contributed by atoms with E-state index in [0.29, 0.717) is 0 Å². The van der Waals surface area contributed by atoms with Gasteiger partial charge in [-0.25, -0.2) is 0 Å². The lowest BCUT2D eigenvalue weighted by atomic mass is 10.5. The summed E-state index contributed by atoms with van der Waals surface area (Å²) in [6.07, 6.45) is 6.66. The minimum Gasteiger partial charge on any atom is -0.389 e. The van der Waals surface area contributed by atoms with E-state index in [-0.39, 0.29) is 0 Å². The molecule has 0 fully saturated rings. The zero-order valence-corrected chi connectivity index (χ0v) is 6.17. The highest BCUT2D eigenvalue weighted by Crippen LogP contribution is 1.84. The summed E-state index contributed by atoms with van der Waals surface area (Å²) in [5.41, 5.74) is 0.834. The second-order valence-corrected chi connectivity index (χ2v) is 1.62. The van der Waals surface area contributed by atoms with Gasteiger partial charge in [-0.3, -0.25) is 4.99 Å². The van der Waals surface area contributed by atoms with Gasteiger partial charge in [0.25, 0.3) is 0 Å². The first-order chi connectivity index (χ1) is 4.81. The monoisotopic (exact) mass is 136 g/mol. The molecule has 0 aromatic carbocycles. The highest BCUT2D eigenvalue weighted by atomic mass is 14.8. The Morgan fingerprint density at radius 1 is 1.60 bits per heavy atom. The number of hydrogen-bond donors (Lipinski definition) is 1. The predicted octanol–water partition coefficient (Wildman–Crippen LogP) is 1.49. The maximum absolute atomic E-state index is 3.85. The van der Waals surface area contributed by atoms with Gasteiger partial charge in [-0.15, -0.1) is 0 Å². The molecule has 1 N–H and O–H groups in total. The summed E-state index contributed by atoms with van der Waals surface area (Å²) in [6.45, 7) is 7.15. The van der Waals surface area contributed by atoms with E-state index in [2.05, 4.69) is 23.5 Å². The number of allylic oxidation sites excluding steroid dienone is 2. The fourth-order valence-corrected chi connectivity index (χ4v) is 0.327. The van der Waals surface area contributed by atoms with Crippen molar-refractivity contribution in [2.24, 2.45) is 4.99 Å². The fraction of sp³-hybridized carbons (Fsp3) is 0.125. The molecule has 0 unspecified atom stereocenters. The van der Waals surface area contributed by atoms with Crippen molar-refractivity contribution in [1.29, 1.82) is 0 Å². The van der Waals surface area contributed by atoms with E-state index in [1.165, 1.54) is 0 Å². The Morgan fingerprint density at radius 3 is 2.80 bits per heavy atom. The van der Waals surface area contributed by atoms with Crippen LogP contribution in [0.3, 0.4) is 0 Å². The van der Waals surface area contributed by atoms with Crippen LogP contribution in [-0.4, -0.2) is 13.3 Å². The number of nitrogens with zero attached hydrogens (tertiary/aromatic N) is 1. The summed E-state index contributed by atoms with van der Waals surface area (Å²) in [6, 6.07) is 0. The van der Waals surface area contributed by atoms with E-state index >= 15 is 0 Å². The summed E-state index contributed by atoms with van der Waals surface area (Å²) in [4.78, 5) is 3.85. The number of nitrogens with one attached hydrogen (secondary N) is 1. The standard InChI is InChI=1S/C8H12N2/c1-4-6-10-7-5-8(2)9-3/h4-7,9H,1-2H2,3H3/b7-5-,10-6?. The molecule has 0 aliphatic carbocycles. The maximum atomic E-state index is 3.85. The van der Waals surface area contributed by atoms with E-state index in [1.807, 2.05) is 7.05 Å². The molecule has 0 atom stereocenters. The van der Waals surface area contributed by atoms with Crippen LogP contribution in [0.2, 0.25) is 0 Å². The van der Waals surface area contributed by atoms with Crippen molar-refractivity contribution in [3.63, 3.8) is 0 Å². The van der Waals surface area contributed by atoms with Crippen molar-refractivity contribution in [3.8, 4) is 0 Å². The van der Waals surface area contributed by atoms with Crippen LogP contribution in [-0.2, 0) is 0 Å². The van der Waals surface area contributed by atoms with Gasteiger partial charge in [0, 0.05) is 25.2 Å².